The fourth-order valence-electron chi connectivity index (χ4n) is 2.96. The third-order valence-corrected chi connectivity index (χ3v) is 4.23. The maximum atomic E-state index is 12.6. The first-order valence-electron chi connectivity index (χ1n) is 8.38. The van der Waals surface area contributed by atoms with Crippen LogP contribution in [0.2, 0.25) is 0 Å². The van der Waals surface area contributed by atoms with E-state index < -0.39 is 18.1 Å². The number of carbonyl (C=O) groups excluding carboxylic acids is 2. The molecule has 2 atom stereocenters. The quantitative estimate of drug-likeness (QED) is 0.774. The summed E-state index contributed by atoms with van der Waals surface area (Å²) < 4.78 is 10.5. The summed E-state index contributed by atoms with van der Waals surface area (Å²) in [6, 6.07) is 8.95. The summed E-state index contributed by atoms with van der Waals surface area (Å²) in [5.74, 6) is 0.249. The number of esters is 1. The molecule has 2 aromatic rings. The second-order valence-corrected chi connectivity index (χ2v) is 6.17. The highest BCUT2D eigenvalue weighted by molar-refractivity contribution is 5.86. The van der Waals surface area contributed by atoms with Gasteiger partial charge < -0.3 is 14.2 Å². The lowest BCUT2D eigenvalue weighted by Gasteiger charge is -2.24. The number of aromatic nitrogens is 2. The normalized spacial score (nSPS) is 18.2. The largest absolute Gasteiger partial charge is 0.451 e. The fraction of sp³-hybridized carbons (Fsp3) is 0.444. The van der Waals surface area contributed by atoms with Gasteiger partial charge in [0.05, 0.1) is 6.42 Å². The van der Waals surface area contributed by atoms with Gasteiger partial charge in [0.2, 0.25) is 5.91 Å². The van der Waals surface area contributed by atoms with Gasteiger partial charge >= 0.3 is 5.97 Å². The Labute approximate surface area is 146 Å². The van der Waals surface area contributed by atoms with Crippen LogP contribution in [-0.2, 0) is 20.7 Å². The molecule has 7 heteroatoms. The van der Waals surface area contributed by atoms with Gasteiger partial charge in [-0.2, -0.15) is 4.98 Å². The summed E-state index contributed by atoms with van der Waals surface area (Å²) in [5.41, 5.74) is 0.932. The van der Waals surface area contributed by atoms with Gasteiger partial charge in [0, 0.05) is 6.54 Å². The summed E-state index contributed by atoms with van der Waals surface area (Å²) in [7, 11) is 0. The zero-order valence-corrected chi connectivity index (χ0v) is 14.3. The van der Waals surface area contributed by atoms with Crippen LogP contribution in [-0.4, -0.2) is 39.5 Å². The molecule has 0 N–H and O–H groups in total. The van der Waals surface area contributed by atoms with Crippen LogP contribution in [0.25, 0.3) is 0 Å². The van der Waals surface area contributed by atoms with Crippen LogP contribution in [0.5, 0.6) is 0 Å². The monoisotopic (exact) mass is 343 g/mol. The first-order chi connectivity index (χ1) is 12.0. The molecule has 1 aliphatic rings. The molecule has 3 rings (SSSR count). The molecule has 0 spiro atoms. The molecule has 25 heavy (non-hydrogen) atoms. The van der Waals surface area contributed by atoms with E-state index in [1.54, 1.807) is 18.7 Å². The average Bonchev–Trinajstić information content (AvgIpc) is 3.24. The Morgan fingerprint density at radius 1 is 1.36 bits per heavy atom. The van der Waals surface area contributed by atoms with Crippen molar-refractivity contribution in [1.29, 1.82) is 0 Å². The van der Waals surface area contributed by atoms with Crippen molar-refractivity contribution < 1.29 is 18.8 Å². The predicted octanol–water partition coefficient (Wildman–Crippen LogP) is 2.22. The summed E-state index contributed by atoms with van der Waals surface area (Å²) >= 11 is 0. The Kier molecular flexibility index (Phi) is 5.11. The summed E-state index contributed by atoms with van der Waals surface area (Å²) in [6.07, 6.45) is 1.03. The van der Waals surface area contributed by atoms with E-state index >= 15 is 0 Å². The van der Waals surface area contributed by atoms with E-state index in [1.165, 1.54) is 0 Å². The zero-order chi connectivity index (χ0) is 17.8. The SMILES string of the molecule is Cc1noc([C@H](C)OC(=O)[C@@H]2CCCN2C(=O)Cc2ccccc2)n1. The number of ether oxygens (including phenoxy) is 1. The van der Waals surface area contributed by atoms with Crippen LogP contribution >= 0.6 is 0 Å². The maximum absolute atomic E-state index is 12.6. The average molecular weight is 343 g/mol. The van der Waals surface area contributed by atoms with E-state index in [9.17, 15) is 9.59 Å². The van der Waals surface area contributed by atoms with Crippen molar-refractivity contribution >= 4 is 11.9 Å². The molecule has 1 amide bonds. The minimum Gasteiger partial charge on any atom is -0.451 e. The zero-order valence-electron chi connectivity index (χ0n) is 14.3. The second kappa shape index (κ2) is 7.46. The van der Waals surface area contributed by atoms with Crippen molar-refractivity contribution in [2.75, 3.05) is 6.54 Å². The molecule has 1 fully saturated rings. The van der Waals surface area contributed by atoms with Crippen molar-refractivity contribution in [3.63, 3.8) is 0 Å². The van der Waals surface area contributed by atoms with Crippen molar-refractivity contribution in [2.24, 2.45) is 0 Å². The lowest BCUT2D eigenvalue weighted by molar-refractivity contribution is -0.158. The van der Waals surface area contributed by atoms with E-state index in [1.807, 2.05) is 30.3 Å². The Hall–Kier alpha value is -2.70. The number of carbonyl (C=O) groups is 2. The van der Waals surface area contributed by atoms with Gasteiger partial charge in [-0.1, -0.05) is 35.5 Å². The van der Waals surface area contributed by atoms with E-state index in [0.29, 0.717) is 18.8 Å². The molecule has 0 bridgehead atoms. The molecule has 0 radical (unpaired) electrons. The highest BCUT2D eigenvalue weighted by atomic mass is 16.6. The lowest BCUT2D eigenvalue weighted by Crippen LogP contribution is -2.42. The molecular formula is C18H21N3O4. The van der Waals surface area contributed by atoms with Gasteiger partial charge in [-0.3, -0.25) is 4.79 Å². The lowest BCUT2D eigenvalue weighted by atomic mass is 10.1. The third kappa shape index (κ3) is 4.04. The fourth-order valence-corrected chi connectivity index (χ4v) is 2.96. The van der Waals surface area contributed by atoms with E-state index in [4.69, 9.17) is 9.26 Å². The van der Waals surface area contributed by atoms with Gasteiger partial charge in [-0.25, -0.2) is 4.79 Å². The van der Waals surface area contributed by atoms with Crippen LogP contribution in [0, 0.1) is 6.92 Å². The topological polar surface area (TPSA) is 85.5 Å². The maximum Gasteiger partial charge on any atom is 0.329 e. The molecular weight excluding hydrogens is 322 g/mol. The number of likely N-dealkylation sites (tertiary alicyclic amines) is 1. The number of hydrogen-bond donors (Lipinski definition) is 0. The van der Waals surface area contributed by atoms with Crippen LogP contribution in [0.4, 0.5) is 0 Å². The van der Waals surface area contributed by atoms with Gasteiger partial charge in [-0.15, -0.1) is 0 Å². The van der Waals surface area contributed by atoms with E-state index in [0.717, 1.165) is 12.0 Å². The third-order valence-electron chi connectivity index (χ3n) is 4.23. The minimum atomic E-state index is -0.639. The number of nitrogens with zero attached hydrogens (tertiary/aromatic N) is 3. The molecule has 0 aliphatic carbocycles. The highest BCUT2D eigenvalue weighted by Crippen LogP contribution is 2.23. The smallest absolute Gasteiger partial charge is 0.329 e. The van der Waals surface area contributed by atoms with Crippen LogP contribution < -0.4 is 0 Å². The van der Waals surface area contributed by atoms with Crippen molar-refractivity contribution in [3.8, 4) is 0 Å². The van der Waals surface area contributed by atoms with Gasteiger partial charge in [0.15, 0.2) is 11.9 Å². The molecule has 2 heterocycles. The number of rotatable bonds is 5. The van der Waals surface area contributed by atoms with Crippen LogP contribution in [0.15, 0.2) is 34.9 Å². The Morgan fingerprint density at radius 3 is 2.80 bits per heavy atom. The molecule has 7 nitrogen and oxygen atoms in total. The highest BCUT2D eigenvalue weighted by Gasteiger charge is 2.36. The molecule has 0 unspecified atom stereocenters. The molecule has 1 saturated heterocycles. The van der Waals surface area contributed by atoms with Gasteiger partial charge in [0.25, 0.3) is 5.89 Å². The standard InChI is InChI=1S/C18H21N3O4/c1-12(17-19-13(2)20-25-17)24-18(23)15-9-6-10-21(15)16(22)11-14-7-4-3-5-8-14/h3-5,7-8,12,15H,6,9-11H2,1-2H3/t12-,15-/m0/s1. The number of benzene rings is 1. The molecule has 1 aromatic carbocycles. The molecule has 1 aliphatic heterocycles. The van der Waals surface area contributed by atoms with Crippen molar-refractivity contribution in [3.05, 3.63) is 47.6 Å². The number of hydrogen-bond acceptors (Lipinski definition) is 6. The van der Waals surface area contributed by atoms with E-state index in [-0.39, 0.29) is 18.2 Å². The van der Waals surface area contributed by atoms with Crippen molar-refractivity contribution in [2.45, 2.75) is 45.3 Å². The van der Waals surface area contributed by atoms with Crippen molar-refractivity contribution in [1.82, 2.24) is 15.0 Å². The second-order valence-electron chi connectivity index (χ2n) is 6.17. The predicted molar refractivity (Wildman–Crippen MR) is 88.4 cm³/mol. The molecule has 0 saturated carbocycles. The first-order valence-corrected chi connectivity index (χ1v) is 8.38. The van der Waals surface area contributed by atoms with Gasteiger partial charge in [-0.05, 0) is 32.3 Å². The minimum absolute atomic E-state index is 0.0630. The van der Waals surface area contributed by atoms with Gasteiger partial charge in [0.1, 0.15) is 6.04 Å². The van der Waals surface area contributed by atoms with Crippen LogP contribution in [0.3, 0.4) is 0 Å². The molecule has 132 valence electrons. The summed E-state index contributed by atoms with van der Waals surface area (Å²) in [4.78, 5) is 30.7. The Morgan fingerprint density at radius 2 is 2.12 bits per heavy atom. The Balaban J connectivity index is 1.62. The molecule has 1 aromatic heterocycles. The Bertz CT molecular complexity index is 744. The number of amides is 1. The van der Waals surface area contributed by atoms with Crippen LogP contribution in [0.1, 0.15) is 43.1 Å². The number of aryl methyl sites for hydroxylation is 1. The van der Waals surface area contributed by atoms with E-state index in [2.05, 4.69) is 10.1 Å². The summed E-state index contributed by atoms with van der Waals surface area (Å²) in [5, 5.41) is 3.69. The summed E-state index contributed by atoms with van der Waals surface area (Å²) in [6.45, 7) is 3.94. The first kappa shape index (κ1) is 17.1.